The Hall–Kier alpha value is -2.80. The molecule has 0 aliphatic heterocycles. The molecule has 7 heteroatoms. The Morgan fingerprint density at radius 1 is 1.00 bits per heavy atom. The highest BCUT2D eigenvalue weighted by molar-refractivity contribution is 5.95. The van der Waals surface area contributed by atoms with Crippen LogP contribution in [0.5, 0.6) is 0 Å². The summed E-state index contributed by atoms with van der Waals surface area (Å²) in [5.74, 6) is -1.80. The van der Waals surface area contributed by atoms with Gasteiger partial charge in [-0.1, -0.05) is 18.2 Å². The van der Waals surface area contributed by atoms with Crippen molar-refractivity contribution in [3.63, 3.8) is 0 Å². The van der Waals surface area contributed by atoms with Crippen LogP contribution in [-0.2, 0) is 11.3 Å². The van der Waals surface area contributed by atoms with E-state index in [1.807, 2.05) is 0 Å². The summed E-state index contributed by atoms with van der Waals surface area (Å²) >= 11 is 0. The molecular formula is C17H17F2N3O2. The lowest BCUT2D eigenvalue weighted by molar-refractivity contribution is -0.122. The van der Waals surface area contributed by atoms with Crippen molar-refractivity contribution in [2.45, 2.75) is 6.54 Å². The van der Waals surface area contributed by atoms with Crippen LogP contribution in [0.2, 0.25) is 0 Å². The van der Waals surface area contributed by atoms with Crippen LogP contribution in [0.4, 0.5) is 8.78 Å². The van der Waals surface area contributed by atoms with Gasteiger partial charge in [-0.05, 0) is 37.4 Å². The second-order valence-electron chi connectivity index (χ2n) is 5.27. The maximum atomic E-state index is 13.5. The van der Waals surface area contributed by atoms with Gasteiger partial charge in [-0.2, -0.15) is 0 Å². The number of amides is 2. The van der Waals surface area contributed by atoms with Crippen molar-refractivity contribution in [2.24, 2.45) is 0 Å². The van der Waals surface area contributed by atoms with Crippen molar-refractivity contribution in [1.82, 2.24) is 15.8 Å². The number of likely N-dealkylation sites (N-methyl/N-ethyl adjacent to an activating group) is 1. The van der Waals surface area contributed by atoms with Gasteiger partial charge in [-0.25, -0.2) is 8.78 Å². The highest BCUT2D eigenvalue weighted by Gasteiger charge is 2.11. The van der Waals surface area contributed by atoms with Gasteiger partial charge in [-0.15, -0.1) is 0 Å². The van der Waals surface area contributed by atoms with Gasteiger partial charge in [-0.3, -0.25) is 25.3 Å². The lowest BCUT2D eigenvalue weighted by Gasteiger charge is -2.17. The summed E-state index contributed by atoms with van der Waals surface area (Å²) in [6.07, 6.45) is 0. The predicted molar refractivity (Wildman–Crippen MR) is 84.7 cm³/mol. The normalized spacial score (nSPS) is 10.5. The van der Waals surface area contributed by atoms with Gasteiger partial charge in [0.25, 0.3) is 11.8 Å². The summed E-state index contributed by atoms with van der Waals surface area (Å²) in [7, 11) is 1.66. The second-order valence-corrected chi connectivity index (χ2v) is 5.27. The van der Waals surface area contributed by atoms with E-state index in [1.165, 1.54) is 18.2 Å². The monoisotopic (exact) mass is 333 g/mol. The summed E-state index contributed by atoms with van der Waals surface area (Å²) in [4.78, 5) is 25.2. The fourth-order valence-electron chi connectivity index (χ4n) is 2.06. The average Bonchev–Trinajstić information content (AvgIpc) is 2.55. The predicted octanol–water partition coefficient (Wildman–Crippen LogP) is 1.86. The number of hydrazine groups is 1. The molecule has 0 bridgehead atoms. The maximum Gasteiger partial charge on any atom is 0.269 e. The molecule has 0 aliphatic carbocycles. The van der Waals surface area contributed by atoms with Crippen molar-refractivity contribution in [2.75, 3.05) is 13.6 Å². The van der Waals surface area contributed by atoms with E-state index in [1.54, 1.807) is 30.1 Å². The quantitative estimate of drug-likeness (QED) is 0.821. The zero-order chi connectivity index (χ0) is 17.5. The summed E-state index contributed by atoms with van der Waals surface area (Å²) in [5, 5.41) is 0. The van der Waals surface area contributed by atoms with Gasteiger partial charge in [0, 0.05) is 17.7 Å². The molecule has 2 aromatic rings. The van der Waals surface area contributed by atoms with Gasteiger partial charge < -0.3 is 0 Å². The molecule has 0 aromatic heterocycles. The molecular weight excluding hydrogens is 316 g/mol. The minimum absolute atomic E-state index is 0.0297. The Kier molecular flexibility index (Phi) is 5.97. The Morgan fingerprint density at radius 3 is 2.33 bits per heavy atom. The van der Waals surface area contributed by atoms with Gasteiger partial charge in [0.1, 0.15) is 11.6 Å². The van der Waals surface area contributed by atoms with E-state index in [0.717, 1.165) is 12.1 Å². The number of benzene rings is 2. The molecule has 0 radical (unpaired) electrons. The highest BCUT2D eigenvalue weighted by atomic mass is 19.1. The molecule has 0 saturated carbocycles. The average molecular weight is 333 g/mol. The van der Waals surface area contributed by atoms with Crippen LogP contribution in [0.15, 0.2) is 48.5 Å². The largest absolute Gasteiger partial charge is 0.293 e. The number of carbonyl (C=O) groups is 2. The van der Waals surface area contributed by atoms with Crippen molar-refractivity contribution >= 4 is 11.8 Å². The minimum Gasteiger partial charge on any atom is -0.293 e. The number of nitrogens with one attached hydrogen (secondary N) is 2. The third-order valence-corrected chi connectivity index (χ3v) is 3.23. The molecule has 2 aromatic carbocycles. The number of carbonyl (C=O) groups excluding carboxylic acids is 2. The van der Waals surface area contributed by atoms with Crippen LogP contribution in [0.3, 0.4) is 0 Å². The van der Waals surface area contributed by atoms with E-state index >= 15 is 0 Å². The standard InChI is InChI=1S/C17H17F2N3O2/c1-22(10-13-4-2-3-5-15(13)19)11-16(23)20-21-17(24)12-6-8-14(18)9-7-12/h2-9H,10-11H2,1H3,(H,20,23)(H,21,24). The number of hydrogen-bond acceptors (Lipinski definition) is 3. The van der Waals surface area contributed by atoms with E-state index in [2.05, 4.69) is 10.9 Å². The number of rotatable bonds is 5. The Bertz CT molecular complexity index is 720. The lowest BCUT2D eigenvalue weighted by Crippen LogP contribution is -2.45. The molecule has 5 nitrogen and oxygen atoms in total. The Labute approximate surface area is 138 Å². The molecule has 2 amide bonds. The van der Waals surface area contributed by atoms with Crippen molar-refractivity contribution in [3.8, 4) is 0 Å². The minimum atomic E-state index is -0.555. The molecule has 126 valence electrons. The first-order valence-corrected chi connectivity index (χ1v) is 7.22. The number of nitrogens with zero attached hydrogens (tertiary/aromatic N) is 1. The van der Waals surface area contributed by atoms with E-state index in [0.29, 0.717) is 5.56 Å². The third-order valence-electron chi connectivity index (χ3n) is 3.23. The van der Waals surface area contributed by atoms with Gasteiger partial charge in [0.15, 0.2) is 0 Å². The fourth-order valence-corrected chi connectivity index (χ4v) is 2.06. The zero-order valence-corrected chi connectivity index (χ0v) is 13.1. The Balaban J connectivity index is 1.79. The van der Waals surface area contributed by atoms with Crippen molar-refractivity contribution < 1.29 is 18.4 Å². The summed E-state index contributed by atoms with van der Waals surface area (Å²) in [6, 6.07) is 11.2. The van der Waals surface area contributed by atoms with Crippen molar-refractivity contribution in [1.29, 1.82) is 0 Å². The first kappa shape index (κ1) is 17.6. The molecule has 0 atom stereocenters. The van der Waals surface area contributed by atoms with Gasteiger partial charge in [0.2, 0.25) is 0 Å². The first-order chi connectivity index (χ1) is 11.5. The van der Waals surface area contributed by atoms with E-state index in [9.17, 15) is 18.4 Å². The molecule has 0 aliphatic rings. The topological polar surface area (TPSA) is 61.4 Å². The van der Waals surface area contributed by atoms with Crippen LogP contribution in [0.25, 0.3) is 0 Å². The van der Waals surface area contributed by atoms with Gasteiger partial charge in [0.05, 0.1) is 6.54 Å². The van der Waals surface area contributed by atoms with Crippen LogP contribution in [0, 0.1) is 11.6 Å². The summed E-state index contributed by atoms with van der Waals surface area (Å²) in [6.45, 7) is 0.226. The van der Waals surface area contributed by atoms with Gasteiger partial charge >= 0.3 is 0 Å². The second kappa shape index (κ2) is 8.16. The SMILES string of the molecule is CN(CC(=O)NNC(=O)c1ccc(F)cc1)Cc1ccccc1F. The van der Waals surface area contributed by atoms with Crippen LogP contribution in [0.1, 0.15) is 15.9 Å². The number of hydrogen-bond donors (Lipinski definition) is 2. The number of halogens is 2. The molecule has 2 N–H and O–H groups in total. The van der Waals surface area contributed by atoms with E-state index in [4.69, 9.17) is 0 Å². The molecule has 2 rings (SSSR count). The third kappa shape index (κ3) is 5.13. The summed E-state index contributed by atoms with van der Waals surface area (Å²) in [5.41, 5.74) is 5.19. The maximum absolute atomic E-state index is 13.5. The Morgan fingerprint density at radius 2 is 1.67 bits per heavy atom. The molecule has 0 unspecified atom stereocenters. The first-order valence-electron chi connectivity index (χ1n) is 7.22. The molecule has 0 fully saturated rings. The van der Waals surface area contributed by atoms with Crippen molar-refractivity contribution in [3.05, 3.63) is 71.3 Å². The van der Waals surface area contributed by atoms with Crippen LogP contribution >= 0.6 is 0 Å². The summed E-state index contributed by atoms with van der Waals surface area (Å²) < 4.78 is 26.3. The lowest BCUT2D eigenvalue weighted by atomic mass is 10.2. The molecule has 0 spiro atoms. The fraction of sp³-hybridized carbons (Fsp3) is 0.176. The zero-order valence-electron chi connectivity index (χ0n) is 13.1. The molecule has 0 heterocycles. The highest BCUT2D eigenvalue weighted by Crippen LogP contribution is 2.08. The smallest absolute Gasteiger partial charge is 0.269 e. The molecule has 0 saturated heterocycles. The molecule has 24 heavy (non-hydrogen) atoms. The van der Waals surface area contributed by atoms with Crippen LogP contribution in [-0.4, -0.2) is 30.3 Å². The van der Waals surface area contributed by atoms with E-state index in [-0.39, 0.29) is 24.5 Å². The van der Waals surface area contributed by atoms with E-state index < -0.39 is 17.6 Å². The van der Waals surface area contributed by atoms with Crippen LogP contribution < -0.4 is 10.9 Å².